The van der Waals surface area contributed by atoms with Gasteiger partial charge in [-0.1, -0.05) is 24.3 Å². The predicted octanol–water partition coefficient (Wildman–Crippen LogP) is 2.80. The molecule has 3 nitrogen and oxygen atoms in total. The van der Waals surface area contributed by atoms with Crippen LogP contribution in [0.15, 0.2) is 41.3 Å². The van der Waals surface area contributed by atoms with Gasteiger partial charge in [0, 0.05) is 19.2 Å². The Morgan fingerprint density at radius 2 is 1.94 bits per heavy atom. The number of benzene rings is 1. The van der Waals surface area contributed by atoms with E-state index < -0.39 is 0 Å². The van der Waals surface area contributed by atoms with Gasteiger partial charge in [0.15, 0.2) is 0 Å². The minimum atomic E-state index is 0.835. The SMILES string of the molecule is Brc1cc(N2CCc3ccccc3C2)ncn1. The van der Waals surface area contributed by atoms with Crippen molar-refractivity contribution in [2.45, 2.75) is 13.0 Å². The number of rotatable bonds is 1. The topological polar surface area (TPSA) is 29.0 Å². The van der Waals surface area contributed by atoms with E-state index in [1.54, 1.807) is 6.33 Å². The van der Waals surface area contributed by atoms with Gasteiger partial charge in [0.05, 0.1) is 0 Å². The molecule has 0 saturated heterocycles. The molecule has 17 heavy (non-hydrogen) atoms. The molecular formula is C13H12BrN3. The van der Waals surface area contributed by atoms with Crippen LogP contribution in [-0.2, 0) is 13.0 Å². The quantitative estimate of drug-likeness (QED) is 0.756. The van der Waals surface area contributed by atoms with Gasteiger partial charge in [0.1, 0.15) is 16.7 Å². The van der Waals surface area contributed by atoms with Crippen molar-refractivity contribution in [3.63, 3.8) is 0 Å². The Hall–Kier alpha value is -1.42. The molecule has 1 aromatic heterocycles. The van der Waals surface area contributed by atoms with E-state index in [4.69, 9.17) is 0 Å². The third-order valence-electron chi connectivity index (χ3n) is 3.07. The highest BCUT2D eigenvalue weighted by Gasteiger charge is 2.16. The fraction of sp³-hybridized carbons (Fsp3) is 0.231. The number of aromatic nitrogens is 2. The number of fused-ring (bicyclic) bond motifs is 1. The van der Waals surface area contributed by atoms with Crippen LogP contribution < -0.4 is 4.90 Å². The summed E-state index contributed by atoms with van der Waals surface area (Å²) in [6.07, 6.45) is 2.68. The Kier molecular flexibility index (Phi) is 2.81. The summed E-state index contributed by atoms with van der Waals surface area (Å²) in [6.45, 7) is 1.94. The van der Waals surface area contributed by atoms with Gasteiger partial charge in [-0.2, -0.15) is 0 Å². The minimum Gasteiger partial charge on any atom is -0.352 e. The standard InChI is InChI=1S/C13H12BrN3/c14-12-7-13(16-9-15-12)17-6-5-10-3-1-2-4-11(10)8-17/h1-4,7,9H,5-6,8H2. The van der Waals surface area contributed by atoms with Gasteiger partial charge in [-0.05, 0) is 33.5 Å². The van der Waals surface area contributed by atoms with E-state index in [9.17, 15) is 0 Å². The van der Waals surface area contributed by atoms with Crippen LogP contribution >= 0.6 is 15.9 Å². The lowest BCUT2D eigenvalue weighted by Crippen LogP contribution is -2.30. The van der Waals surface area contributed by atoms with E-state index in [2.05, 4.69) is 55.1 Å². The minimum absolute atomic E-state index is 0.835. The molecule has 1 aliphatic heterocycles. The number of anilines is 1. The van der Waals surface area contributed by atoms with E-state index in [1.165, 1.54) is 11.1 Å². The van der Waals surface area contributed by atoms with Gasteiger partial charge < -0.3 is 4.90 Å². The average molecular weight is 290 g/mol. The third kappa shape index (κ3) is 2.17. The Morgan fingerprint density at radius 3 is 2.76 bits per heavy atom. The zero-order valence-corrected chi connectivity index (χ0v) is 10.9. The van der Waals surface area contributed by atoms with Crippen molar-refractivity contribution in [3.8, 4) is 0 Å². The molecule has 1 aromatic carbocycles. The molecular weight excluding hydrogens is 278 g/mol. The van der Waals surface area contributed by atoms with E-state index in [1.807, 2.05) is 6.07 Å². The van der Waals surface area contributed by atoms with Gasteiger partial charge >= 0.3 is 0 Å². The number of halogens is 1. The first-order chi connectivity index (χ1) is 8.33. The third-order valence-corrected chi connectivity index (χ3v) is 3.51. The molecule has 0 radical (unpaired) electrons. The van der Waals surface area contributed by atoms with Gasteiger partial charge in [-0.25, -0.2) is 9.97 Å². The number of hydrogen-bond donors (Lipinski definition) is 0. The summed E-state index contributed by atoms with van der Waals surface area (Å²) in [4.78, 5) is 10.7. The first-order valence-corrected chi connectivity index (χ1v) is 6.41. The van der Waals surface area contributed by atoms with Crippen LogP contribution in [0.5, 0.6) is 0 Å². The predicted molar refractivity (Wildman–Crippen MR) is 70.9 cm³/mol. The highest BCUT2D eigenvalue weighted by Crippen LogP contribution is 2.23. The lowest BCUT2D eigenvalue weighted by Gasteiger charge is -2.29. The molecule has 0 amide bonds. The van der Waals surface area contributed by atoms with Gasteiger partial charge in [-0.3, -0.25) is 0 Å². The summed E-state index contributed by atoms with van der Waals surface area (Å²) < 4.78 is 0.835. The van der Waals surface area contributed by atoms with Crippen LogP contribution in [0.25, 0.3) is 0 Å². The Labute approximate surface area is 109 Å². The second kappa shape index (κ2) is 4.45. The number of hydrogen-bond acceptors (Lipinski definition) is 3. The van der Waals surface area contributed by atoms with Gasteiger partial charge in [0.25, 0.3) is 0 Å². The van der Waals surface area contributed by atoms with Crippen LogP contribution in [0.4, 0.5) is 5.82 Å². The molecule has 4 heteroatoms. The van der Waals surface area contributed by atoms with Crippen LogP contribution in [0.1, 0.15) is 11.1 Å². The maximum atomic E-state index is 4.32. The van der Waals surface area contributed by atoms with Crippen molar-refractivity contribution >= 4 is 21.7 Å². The first kappa shape index (κ1) is 10.7. The summed E-state index contributed by atoms with van der Waals surface area (Å²) in [5.74, 6) is 0.987. The van der Waals surface area contributed by atoms with Crippen LogP contribution in [-0.4, -0.2) is 16.5 Å². The van der Waals surface area contributed by atoms with Crippen molar-refractivity contribution < 1.29 is 0 Å². The molecule has 0 N–H and O–H groups in total. The first-order valence-electron chi connectivity index (χ1n) is 5.62. The van der Waals surface area contributed by atoms with Gasteiger partial charge in [0.2, 0.25) is 0 Å². The molecule has 86 valence electrons. The molecule has 0 bridgehead atoms. The molecule has 0 saturated carbocycles. The molecule has 0 fully saturated rings. The van der Waals surface area contributed by atoms with E-state index in [0.717, 1.165) is 29.9 Å². The Balaban J connectivity index is 1.89. The zero-order chi connectivity index (χ0) is 11.7. The summed E-state index contributed by atoms with van der Waals surface area (Å²) in [5, 5.41) is 0. The normalized spacial score (nSPS) is 14.5. The van der Waals surface area contributed by atoms with Crippen molar-refractivity contribution in [1.82, 2.24) is 9.97 Å². The monoisotopic (exact) mass is 289 g/mol. The van der Waals surface area contributed by atoms with Crippen LogP contribution in [0, 0.1) is 0 Å². The summed E-state index contributed by atoms with van der Waals surface area (Å²) >= 11 is 3.38. The van der Waals surface area contributed by atoms with E-state index in [0.29, 0.717) is 0 Å². The zero-order valence-electron chi connectivity index (χ0n) is 9.31. The summed E-state index contributed by atoms with van der Waals surface area (Å²) in [7, 11) is 0. The fourth-order valence-corrected chi connectivity index (χ4v) is 2.48. The van der Waals surface area contributed by atoms with Crippen molar-refractivity contribution in [1.29, 1.82) is 0 Å². The molecule has 0 unspecified atom stereocenters. The second-order valence-corrected chi connectivity index (χ2v) is 4.95. The Bertz CT molecular complexity index is 542. The maximum absolute atomic E-state index is 4.32. The average Bonchev–Trinajstić information content (AvgIpc) is 2.38. The highest BCUT2D eigenvalue weighted by atomic mass is 79.9. The molecule has 2 aromatic rings. The Morgan fingerprint density at radius 1 is 1.12 bits per heavy atom. The number of nitrogens with zero attached hydrogens (tertiary/aromatic N) is 3. The van der Waals surface area contributed by atoms with Crippen molar-refractivity contribution in [3.05, 3.63) is 52.4 Å². The van der Waals surface area contributed by atoms with Crippen molar-refractivity contribution in [2.75, 3.05) is 11.4 Å². The molecule has 0 atom stereocenters. The molecule has 1 aliphatic rings. The fourth-order valence-electron chi connectivity index (χ4n) is 2.19. The molecule has 2 heterocycles. The largest absolute Gasteiger partial charge is 0.352 e. The lowest BCUT2D eigenvalue weighted by molar-refractivity contribution is 0.718. The van der Waals surface area contributed by atoms with E-state index in [-0.39, 0.29) is 0 Å². The van der Waals surface area contributed by atoms with Crippen LogP contribution in [0.3, 0.4) is 0 Å². The van der Waals surface area contributed by atoms with Gasteiger partial charge in [-0.15, -0.1) is 0 Å². The molecule has 0 aliphatic carbocycles. The van der Waals surface area contributed by atoms with E-state index >= 15 is 0 Å². The smallest absolute Gasteiger partial charge is 0.133 e. The van der Waals surface area contributed by atoms with Crippen LogP contribution in [0.2, 0.25) is 0 Å². The molecule has 3 rings (SSSR count). The summed E-state index contributed by atoms with van der Waals surface area (Å²) in [5.41, 5.74) is 2.85. The summed E-state index contributed by atoms with van der Waals surface area (Å²) in [6, 6.07) is 10.6. The highest BCUT2D eigenvalue weighted by molar-refractivity contribution is 9.10. The molecule has 0 spiro atoms. The second-order valence-electron chi connectivity index (χ2n) is 4.14. The lowest BCUT2D eigenvalue weighted by atomic mass is 10.00. The van der Waals surface area contributed by atoms with Crippen molar-refractivity contribution in [2.24, 2.45) is 0 Å². The maximum Gasteiger partial charge on any atom is 0.133 e.